The second-order valence-electron chi connectivity index (χ2n) is 4.12. The molecule has 104 valence electrons. The third-order valence-corrected chi connectivity index (χ3v) is 3.14. The van der Waals surface area contributed by atoms with Crippen LogP contribution in [-0.4, -0.2) is 25.9 Å². The molecule has 1 aromatic heterocycles. The number of benzene rings is 1. The molecule has 0 spiro atoms. The minimum Gasteiger partial charge on any atom is -0.298 e. The van der Waals surface area contributed by atoms with Gasteiger partial charge in [0.15, 0.2) is 5.11 Å². The number of hydrogen-bond acceptors (Lipinski definition) is 4. The fraction of sp³-hybridized carbons (Fsp3) is 0.167. The van der Waals surface area contributed by atoms with Crippen molar-refractivity contribution in [2.45, 2.75) is 13.8 Å². The lowest BCUT2D eigenvalue weighted by Gasteiger charge is -2.11. The van der Waals surface area contributed by atoms with Crippen LogP contribution in [0.2, 0.25) is 0 Å². The first-order chi connectivity index (χ1) is 9.49. The number of hydrogen-bond donors (Lipinski definition) is 3. The number of carbonyl (C=O) groups excluding carboxylic acids is 1. The summed E-state index contributed by atoms with van der Waals surface area (Å²) in [6, 6.07) is 7.27. The molecule has 3 N–H and O–H groups in total. The minimum atomic E-state index is -0.270. The minimum absolute atomic E-state index is 0.152. The Morgan fingerprint density at radius 2 is 2.05 bits per heavy atom. The van der Waals surface area contributed by atoms with Crippen molar-refractivity contribution in [3.05, 3.63) is 46.0 Å². The molecule has 0 aliphatic carbocycles. The monoisotopic (exact) mass is 307 g/mol. The molecule has 1 heterocycles. The van der Waals surface area contributed by atoms with Crippen LogP contribution in [-0.2, 0) is 0 Å². The molecule has 0 fully saturated rings. The van der Waals surface area contributed by atoms with Crippen LogP contribution in [0.1, 0.15) is 21.7 Å². The van der Waals surface area contributed by atoms with Crippen molar-refractivity contribution in [1.29, 1.82) is 0 Å². The molecule has 0 atom stereocenters. The van der Waals surface area contributed by atoms with E-state index in [1.165, 1.54) is 4.68 Å². The van der Waals surface area contributed by atoms with E-state index in [0.717, 1.165) is 5.56 Å². The first-order valence-electron chi connectivity index (χ1n) is 5.81. The maximum absolute atomic E-state index is 12.1. The van der Waals surface area contributed by atoms with Crippen LogP contribution in [0, 0.1) is 18.6 Å². The summed E-state index contributed by atoms with van der Waals surface area (Å²) in [7, 11) is 0. The summed E-state index contributed by atoms with van der Waals surface area (Å²) in [4.78, 5) is 12.1. The highest BCUT2D eigenvalue weighted by Crippen LogP contribution is 2.06. The number of aryl methyl sites for hydroxylation is 2. The number of thiocarbonyl (C=S) groups is 1. The van der Waals surface area contributed by atoms with E-state index in [1.54, 1.807) is 19.1 Å². The van der Waals surface area contributed by atoms with Crippen LogP contribution >= 0.6 is 24.4 Å². The predicted octanol–water partition coefficient (Wildman–Crippen LogP) is 1.82. The topological polar surface area (TPSA) is 74.7 Å². The number of aromatic nitrogens is 3. The van der Waals surface area contributed by atoms with Gasteiger partial charge in [-0.3, -0.25) is 20.6 Å². The number of aromatic amines is 1. The first-order valence-corrected chi connectivity index (χ1v) is 6.62. The fourth-order valence-corrected chi connectivity index (χ4v) is 2.04. The van der Waals surface area contributed by atoms with Crippen molar-refractivity contribution < 1.29 is 4.79 Å². The molecular formula is C12H13N5OS2. The van der Waals surface area contributed by atoms with Gasteiger partial charge in [-0.05, 0) is 49.9 Å². The molecular weight excluding hydrogens is 294 g/mol. The lowest BCUT2D eigenvalue weighted by molar-refractivity contribution is 0.0977. The zero-order chi connectivity index (χ0) is 14.7. The third kappa shape index (κ3) is 3.09. The molecule has 0 unspecified atom stereocenters. The van der Waals surface area contributed by atoms with Gasteiger partial charge in [0.05, 0.1) is 0 Å². The molecule has 8 heteroatoms. The second-order valence-corrected chi connectivity index (χ2v) is 4.92. The Balaban J connectivity index is 2.08. The predicted molar refractivity (Wildman–Crippen MR) is 82.8 cm³/mol. The summed E-state index contributed by atoms with van der Waals surface area (Å²) in [5.74, 6) is 0.343. The molecule has 6 nitrogen and oxygen atoms in total. The Bertz CT molecular complexity index is 719. The number of carbonyl (C=O) groups is 1. The van der Waals surface area contributed by atoms with Crippen LogP contribution in [0.5, 0.6) is 0 Å². The average Bonchev–Trinajstić information content (AvgIpc) is 2.71. The Morgan fingerprint density at radius 1 is 1.35 bits per heavy atom. The van der Waals surface area contributed by atoms with Gasteiger partial charge in [-0.15, -0.1) is 0 Å². The largest absolute Gasteiger partial charge is 0.298 e. The van der Waals surface area contributed by atoms with Crippen LogP contribution in [0.3, 0.4) is 0 Å². The summed E-state index contributed by atoms with van der Waals surface area (Å²) in [6.45, 7) is 3.62. The molecule has 0 saturated carbocycles. The highest BCUT2D eigenvalue weighted by Gasteiger charge is 2.11. The maximum Gasteiger partial charge on any atom is 0.257 e. The molecule has 0 radical (unpaired) electrons. The van der Waals surface area contributed by atoms with Gasteiger partial charge < -0.3 is 0 Å². The molecule has 2 rings (SSSR count). The van der Waals surface area contributed by atoms with E-state index in [1.807, 2.05) is 19.1 Å². The standard InChI is InChI=1S/C12H13N5OS2/c1-7-5-3-4-6-9(7)10(18)13-11(19)16-17-8(2)14-15-12(17)20/h3-6H,1-2H3,(H,15,20)(H2,13,16,18,19). The van der Waals surface area contributed by atoms with Crippen molar-refractivity contribution in [2.75, 3.05) is 5.43 Å². The van der Waals surface area contributed by atoms with Crippen molar-refractivity contribution in [1.82, 2.24) is 20.2 Å². The molecule has 0 aliphatic rings. The number of nitrogens with zero attached hydrogens (tertiary/aromatic N) is 2. The lowest BCUT2D eigenvalue weighted by Crippen LogP contribution is -2.38. The van der Waals surface area contributed by atoms with Gasteiger partial charge in [0.25, 0.3) is 5.91 Å². The van der Waals surface area contributed by atoms with Gasteiger partial charge in [-0.25, -0.2) is 4.68 Å². The van der Waals surface area contributed by atoms with E-state index in [9.17, 15) is 4.79 Å². The molecule has 0 saturated heterocycles. The second kappa shape index (κ2) is 5.93. The van der Waals surface area contributed by atoms with Gasteiger partial charge in [0, 0.05) is 5.56 Å². The van der Waals surface area contributed by atoms with Crippen LogP contribution < -0.4 is 10.7 Å². The van der Waals surface area contributed by atoms with Gasteiger partial charge in [0.1, 0.15) is 5.82 Å². The molecule has 20 heavy (non-hydrogen) atoms. The van der Waals surface area contributed by atoms with E-state index < -0.39 is 0 Å². The zero-order valence-corrected chi connectivity index (χ0v) is 12.6. The van der Waals surface area contributed by atoms with E-state index in [-0.39, 0.29) is 11.0 Å². The maximum atomic E-state index is 12.1. The number of rotatable bonds is 2. The summed E-state index contributed by atoms with van der Waals surface area (Å²) in [5.41, 5.74) is 4.25. The Labute approximate surface area is 126 Å². The molecule has 1 aromatic carbocycles. The van der Waals surface area contributed by atoms with Crippen molar-refractivity contribution in [3.63, 3.8) is 0 Å². The smallest absolute Gasteiger partial charge is 0.257 e. The summed E-state index contributed by atoms with van der Waals surface area (Å²) in [6.07, 6.45) is 0. The SMILES string of the molecule is Cc1ccccc1C(=O)NC(=S)Nn1c(C)n[nH]c1=S. The van der Waals surface area contributed by atoms with Gasteiger partial charge in [0.2, 0.25) is 4.77 Å². The van der Waals surface area contributed by atoms with Crippen LogP contribution in [0.25, 0.3) is 0 Å². The molecule has 0 bridgehead atoms. The summed E-state index contributed by atoms with van der Waals surface area (Å²) >= 11 is 10.1. The van der Waals surface area contributed by atoms with E-state index in [4.69, 9.17) is 24.4 Å². The van der Waals surface area contributed by atoms with Crippen molar-refractivity contribution in [2.24, 2.45) is 0 Å². The number of nitrogens with one attached hydrogen (secondary N) is 3. The Hall–Kier alpha value is -2.06. The third-order valence-electron chi connectivity index (χ3n) is 2.67. The number of amides is 1. The van der Waals surface area contributed by atoms with Gasteiger partial charge in [-0.1, -0.05) is 18.2 Å². The normalized spacial score (nSPS) is 10.1. The Kier molecular flexibility index (Phi) is 4.26. The fourth-order valence-electron chi connectivity index (χ4n) is 1.63. The molecule has 2 aromatic rings. The number of H-pyrrole nitrogens is 1. The highest BCUT2D eigenvalue weighted by atomic mass is 32.1. The Morgan fingerprint density at radius 3 is 2.65 bits per heavy atom. The molecule has 1 amide bonds. The van der Waals surface area contributed by atoms with Crippen LogP contribution in [0.4, 0.5) is 0 Å². The van der Waals surface area contributed by atoms with Gasteiger partial charge in [-0.2, -0.15) is 5.10 Å². The highest BCUT2D eigenvalue weighted by molar-refractivity contribution is 7.80. The van der Waals surface area contributed by atoms with Crippen LogP contribution in [0.15, 0.2) is 24.3 Å². The zero-order valence-electron chi connectivity index (χ0n) is 10.9. The lowest BCUT2D eigenvalue weighted by atomic mass is 10.1. The van der Waals surface area contributed by atoms with Crippen molar-refractivity contribution >= 4 is 35.5 Å². The first kappa shape index (κ1) is 14.4. The quantitative estimate of drug-likeness (QED) is 0.738. The summed E-state index contributed by atoms with van der Waals surface area (Å²) in [5, 5.41) is 9.30. The molecule has 0 aliphatic heterocycles. The van der Waals surface area contributed by atoms with Gasteiger partial charge >= 0.3 is 0 Å². The van der Waals surface area contributed by atoms with E-state index in [0.29, 0.717) is 16.2 Å². The van der Waals surface area contributed by atoms with Crippen molar-refractivity contribution in [3.8, 4) is 0 Å². The average molecular weight is 307 g/mol. The summed E-state index contributed by atoms with van der Waals surface area (Å²) < 4.78 is 1.85. The van der Waals surface area contributed by atoms with E-state index >= 15 is 0 Å². The van der Waals surface area contributed by atoms with E-state index in [2.05, 4.69) is 20.9 Å².